The van der Waals surface area contributed by atoms with Crippen LogP contribution in [-0.4, -0.2) is 31.0 Å². The van der Waals surface area contributed by atoms with E-state index in [2.05, 4.69) is 42.1 Å². The number of ether oxygens (including phenoxy) is 2. The lowest BCUT2D eigenvalue weighted by atomic mass is 9.84. The number of amides is 1. The Labute approximate surface area is 147 Å². The van der Waals surface area contributed by atoms with Crippen LogP contribution in [0.1, 0.15) is 32.8 Å². The molecule has 0 bridgehead atoms. The van der Waals surface area contributed by atoms with E-state index in [-0.39, 0.29) is 30.2 Å². The van der Waals surface area contributed by atoms with Crippen molar-refractivity contribution in [2.75, 3.05) is 6.79 Å². The molecule has 2 unspecified atom stereocenters. The van der Waals surface area contributed by atoms with E-state index in [1.54, 1.807) is 12.3 Å². The molecule has 0 radical (unpaired) electrons. The molecule has 1 saturated heterocycles. The third-order valence-electron chi connectivity index (χ3n) is 4.29. The zero-order chi connectivity index (χ0) is 17.9. The number of benzene rings is 1. The highest BCUT2D eigenvalue weighted by atomic mass is 16.7. The molecule has 1 aromatic carbocycles. The standard InChI is InChI=1S/C18H24N4O3/c1-18(2,3)16-10-13(20-21-16)17(23)22-19-8-4-5-12-6-7-14-15(9-12)25-11-24-14/h4-9,13,16,20-21H,10-11H2,1-3H3,(H,22,23)/b5-4+,19-8+. The van der Waals surface area contributed by atoms with Gasteiger partial charge in [-0.3, -0.25) is 10.2 Å². The summed E-state index contributed by atoms with van der Waals surface area (Å²) >= 11 is 0. The minimum absolute atomic E-state index is 0.0959. The van der Waals surface area contributed by atoms with Gasteiger partial charge in [-0.25, -0.2) is 10.9 Å². The Hall–Kier alpha value is -2.38. The predicted octanol–water partition coefficient (Wildman–Crippen LogP) is 1.81. The second kappa shape index (κ2) is 7.25. The third kappa shape index (κ3) is 4.37. The highest BCUT2D eigenvalue weighted by molar-refractivity contribution is 5.84. The van der Waals surface area contributed by atoms with Crippen molar-refractivity contribution < 1.29 is 14.3 Å². The number of rotatable bonds is 4. The van der Waals surface area contributed by atoms with E-state index in [1.165, 1.54) is 0 Å². The van der Waals surface area contributed by atoms with Crippen molar-refractivity contribution in [1.29, 1.82) is 0 Å². The maximum Gasteiger partial charge on any atom is 0.258 e. The first-order valence-electron chi connectivity index (χ1n) is 8.34. The van der Waals surface area contributed by atoms with Gasteiger partial charge in [0.2, 0.25) is 6.79 Å². The summed E-state index contributed by atoms with van der Waals surface area (Å²) in [5.74, 6) is 1.34. The molecule has 1 fully saturated rings. The van der Waals surface area contributed by atoms with Crippen LogP contribution in [0.5, 0.6) is 11.5 Å². The fourth-order valence-corrected chi connectivity index (χ4v) is 2.69. The van der Waals surface area contributed by atoms with E-state index >= 15 is 0 Å². The number of fused-ring (bicyclic) bond motifs is 1. The van der Waals surface area contributed by atoms with Crippen LogP contribution in [0.25, 0.3) is 6.08 Å². The highest BCUT2D eigenvalue weighted by Gasteiger charge is 2.35. The van der Waals surface area contributed by atoms with Gasteiger partial charge in [0, 0.05) is 12.3 Å². The van der Waals surface area contributed by atoms with Crippen molar-refractivity contribution in [1.82, 2.24) is 16.3 Å². The van der Waals surface area contributed by atoms with Crippen LogP contribution in [-0.2, 0) is 4.79 Å². The molecule has 1 amide bonds. The number of hydrogen-bond donors (Lipinski definition) is 3. The minimum atomic E-state index is -0.279. The maximum atomic E-state index is 12.1. The largest absolute Gasteiger partial charge is 0.454 e. The average Bonchev–Trinajstić information content (AvgIpc) is 3.22. The molecule has 3 N–H and O–H groups in total. The van der Waals surface area contributed by atoms with Gasteiger partial charge in [0.25, 0.3) is 5.91 Å². The van der Waals surface area contributed by atoms with Crippen LogP contribution in [0.3, 0.4) is 0 Å². The molecule has 0 spiro atoms. The molecule has 7 heteroatoms. The molecule has 2 aliphatic heterocycles. The number of nitrogens with zero attached hydrogens (tertiary/aromatic N) is 1. The topological polar surface area (TPSA) is 84.0 Å². The fraction of sp³-hybridized carbons (Fsp3) is 0.444. The van der Waals surface area contributed by atoms with Gasteiger partial charge in [0.1, 0.15) is 6.04 Å². The Kier molecular flexibility index (Phi) is 5.06. The minimum Gasteiger partial charge on any atom is -0.454 e. The van der Waals surface area contributed by atoms with E-state index in [0.29, 0.717) is 0 Å². The molecule has 7 nitrogen and oxygen atoms in total. The number of hydrazine groups is 1. The SMILES string of the molecule is CC(C)(C)C1CC(C(=O)N/N=C/C=C/c2ccc3c(c2)OCO3)NN1. The van der Waals surface area contributed by atoms with Gasteiger partial charge in [-0.15, -0.1) is 0 Å². The van der Waals surface area contributed by atoms with Gasteiger partial charge in [0.15, 0.2) is 11.5 Å². The van der Waals surface area contributed by atoms with Gasteiger partial charge in [-0.2, -0.15) is 5.10 Å². The Morgan fingerprint density at radius 3 is 2.84 bits per heavy atom. The van der Waals surface area contributed by atoms with E-state index in [4.69, 9.17) is 9.47 Å². The molecule has 134 valence electrons. The summed E-state index contributed by atoms with van der Waals surface area (Å²) in [5, 5.41) is 3.96. The average molecular weight is 344 g/mol. The Morgan fingerprint density at radius 2 is 2.08 bits per heavy atom. The summed E-state index contributed by atoms with van der Waals surface area (Å²) < 4.78 is 10.6. The quantitative estimate of drug-likeness (QED) is 0.573. The molecular formula is C18H24N4O3. The van der Waals surface area contributed by atoms with Crippen molar-refractivity contribution in [2.24, 2.45) is 10.5 Å². The van der Waals surface area contributed by atoms with Gasteiger partial charge >= 0.3 is 0 Å². The Bertz CT molecular complexity index is 694. The van der Waals surface area contributed by atoms with E-state index in [1.807, 2.05) is 24.3 Å². The zero-order valence-corrected chi connectivity index (χ0v) is 14.7. The summed E-state index contributed by atoms with van der Waals surface area (Å²) in [6.45, 7) is 6.69. The van der Waals surface area contributed by atoms with Crippen LogP contribution >= 0.6 is 0 Å². The molecule has 0 aromatic heterocycles. The van der Waals surface area contributed by atoms with Gasteiger partial charge < -0.3 is 9.47 Å². The van der Waals surface area contributed by atoms with Crippen LogP contribution in [0.2, 0.25) is 0 Å². The molecule has 2 heterocycles. The third-order valence-corrected chi connectivity index (χ3v) is 4.29. The summed E-state index contributed by atoms with van der Waals surface area (Å²) in [4.78, 5) is 12.1. The number of nitrogens with one attached hydrogen (secondary N) is 3. The monoisotopic (exact) mass is 344 g/mol. The van der Waals surface area contributed by atoms with Crippen molar-refractivity contribution in [2.45, 2.75) is 39.3 Å². The highest BCUT2D eigenvalue weighted by Crippen LogP contribution is 2.32. The molecule has 2 atom stereocenters. The Balaban J connectivity index is 1.46. The number of hydrogen-bond acceptors (Lipinski definition) is 6. The lowest BCUT2D eigenvalue weighted by Crippen LogP contribution is -2.43. The second-order valence-corrected chi connectivity index (χ2v) is 7.22. The smallest absolute Gasteiger partial charge is 0.258 e. The summed E-state index contributed by atoms with van der Waals surface area (Å²) in [5.41, 5.74) is 9.82. The number of carbonyl (C=O) groups excluding carboxylic acids is 1. The number of allylic oxidation sites excluding steroid dienone is 1. The van der Waals surface area contributed by atoms with Crippen molar-refractivity contribution in [3.63, 3.8) is 0 Å². The normalized spacial score (nSPS) is 22.8. The lowest BCUT2D eigenvalue weighted by Gasteiger charge is -2.25. The number of carbonyl (C=O) groups is 1. The van der Waals surface area contributed by atoms with Crippen LogP contribution in [0, 0.1) is 5.41 Å². The summed E-state index contributed by atoms with van der Waals surface area (Å²) in [6.07, 6.45) is 5.92. The molecule has 2 aliphatic rings. The van der Waals surface area contributed by atoms with E-state index in [9.17, 15) is 4.79 Å². The second-order valence-electron chi connectivity index (χ2n) is 7.22. The lowest BCUT2D eigenvalue weighted by molar-refractivity contribution is -0.122. The van der Waals surface area contributed by atoms with Crippen molar-refractivity contribution in [3.8, 4) is 11.5 Å². The molecular weight excluding hydrogens is 320 g/mol. The first-order valence-corrected chi connectivity index (χ1v) is 8.34. The van der Waals surface area contributed by atoms with Crippen molar-refractivity contribution >= 4 is 18.2 Å². The first-order chi connectivity index (χ1) is 11.9. The van der Waals surface area contributed by atoms with E-state index < -0.39 is 0 Å². The summed E-state index contributed by atoms with van der Waals surface area (Å²) in [6, 6.07) is 5.66. The molecule has 0 aliphatic carbocycles. The Morgan fingerprint density at radius 1 is 1.28 bits per heavy atom. The molecule has 25 heavy (non-hydrogen) atoms. The van der Waals surface area contributed by atoms with E-state index in [0.717, 1.165) is 23.5 Å². The van der Waals surface area contributed by atoms with Crippen LogP contribution in [0.15, 0.2) is 29.4 Å². The number of hydrazone groups is 1. The van der Waals surface area contributed by atoms with Crippen molar-refractivity contribution in [3.05, 3.63) is 29.8 Å². The maximum absolute atomic E-state index is 12.1. The van der Waals surface area contributed by atoms with Crippen LogP contribution in [0.4, 0.5) is 0 Å². The van der Waals surface area contributed by atoms with Gasteiger partial charge in [-0.1, -0.05) is 32.9 Å². The fourth-order valence-electron chi connectivity index (χ4n) is 2.69. The van der Waals surface area contributed by atoms with Gasteiger partial charge in [0.05, 0.1) is 0 Å². The molecule has 0 saturated carbocycles. The summed E-state index contributed by atoms with van der Waals surface area (Å²) in [7, 11) is 0. The van der Waals surface area contributed by atoms with Gasteiger partial charge in [-0.05, 0) is 35.6 Å². The molecule has 3 rings (SSSR count). The zero-order valence-electron chi connectivity index (χ0n) is 14.7. The predicted molar refractivity (Wildman–Crippen MR) is 96.2 cm³/mol. The van der Waals surface area contributed by atoms with Crippen LogP contribution < -0.4 is 25.8 Å². The first kappa shape index (κ1) is 17.4. The molecule has 1 aromatic rings.